The third kappa shape index (κ3) is 3.38. The van der Waals surface area contributed by atoms with Gasteiger partial charge in [0.05, 0.1) is 6.10 Å². The number of anilines is 1. The molecule has 3 N–H and O–H groups in total. The fraction of sp³-hybridized carbons (Fsp3) is 0.500. The fourth-order valence-corrected chi connectivity index (χ4v) is 2.42. The van der Waals surface area contributed by atoms with E-state index in [1.165, 1.54) is 6.07 Å². The predicted molar refractivity (Wildman–Crippen MR) is 71.5 cm³/mol. The van der Waals surface area contributed by atoms with Crippen molar-refractivity contribution in [3.05, 3.63) is 23.8 Å². The lowest BCUT2D eigenvalue weighted by molar-refractivity contribution is 0.0204. The Kier molecular flexibility index (Phi) is 4.27. The lowest BCUT2D eigenvalue weighted by atomic mass is 9.95. The van der Waals surface area contributed by atoms with E-state index in [9.17, 15) is 4.79 Å². The molecule has 104 valence electrons. The van der Waals surface area contributed by atoms with Crippen molar-refractivity contribution in [3.63, 3.8) is 0 Å². The van der Waals surface area contributed by atoms with Crippen LogP contribution in [0.2, 0.25) is 0 Å². The number of carbonyl (C=O) groups is 1. The molecule has 0 amide bonds. The number of rotatable bonds is 4. The van der Waals surface area contributed by atoms with Gasteiger partial charge in [0, 0.05) is 19.2 Å². The summed E-state index contributed by atoms with van der Waals surface area (Å²) in [6, 6.07) is 4.70. The van der Waals surface area contributed by atoms with Crippen molar-refractivity contribution in [3.8, 4) is 5.75 Å². The highest BCUT2D eigenvalue weighted by Gasteiger charge is 2.24. The second-order valence-corrected chi connectivity index (χ2v) is 4.82. The van der Waals surface area contributed by atoms with E-state index < -0.39 is 5.97 Å². The standard InChI is InChI=1S/C14H19NO4/c1-18-10-3-2-4-11(8-10)19-13-6-5-9(15)7-12(13)14(16)17/h5-7,10-11H,2-4,8,15H2,1H3,(H,16,17). The Morgan fingerprint density at radius 3 is 2.79 bits per heavy atom. The molecule has 2 unspecified atom stereocenters. The van der Waals surface area contributed by atoms with Gasteiger partial charge in [0.15, 0.2) is 0 Å². The molecule has 1 aliphatic rings. The normalized spacial score (nSPS) is 23.0. The minimum Gasteiger partial charge on any atom is -0.489 e. The van der Waals surface area contributed by atoms with Gasteiger partial charge in [-0.15, -0.1) is 0 Å². The first-order chi connectivity index (χ1) is 9.10. The van der Waals surface area contributed by atoms with Crippen molar-refractivity contribution in [2.24, 2.45) is 0 Å². The fourth-order valence-electron chi connectivity index (χ4n) is 2.42. The maximum absolute atomic E-state index is 11.2. The number of nitrogen functional groups attached to an aromatic ring is 1. The Morgan fingerprint density at radius 1 is 1.37 bits per heavy atom. The molecule has 1 aliphatic carbocycles. The molecule has 0 radical (unpaired) electrons. The molecule has 5 heteroatoms. The molecule has 0 heterocycles. The van der Waals surface area contributed by atoms with E-state index in [1.807, 2.05) is 0 Å². The highest BCUT2D eigenvalue weighted by molar-refractivity contribution is 5.92. The molecule has 1 aromatic carbocycles. The minimum absolute atomic E-state index is 0.000393. The number of benzene rings is 1. The van der Waals surface area contributed by atoms with Crippen LogP contribution in [0.4, 0.5) is 5.69 Å². The van der Waals surface area contributed by atoms with Gasteiger partial charge in [0.1, 0.15) is 17.4 Å². The van der Waals surface area contributed by atoms with Gasteiger partial charge in [-0.2, -0.15) is 0 Å². The highest BCUT2D eigenvalue weighted by Crippen LogP contribution is 2.28. The van der Waals surface area contributed by atoms with Gasteiger partial charge in [0.2, 0.25) is 0 Å². The first kappa shape index (κ1) is 13.7. The highest BCUT2D eigenvalue weighted by atomic mass is 16.5. The van der Waals surface area contributed by atoms with Crippen molar-refractivity contribution in [2.45, 2.75) is 37.9 Å². The average Bonchev–Trinajstić information content (AvgIpc) is 2.41. The van der Waals surface area contributed by atoms with E-state index >= 15 is 0 Å². The molecule has 1 fully saturated rings. The molecule has 0 aliphatic heterocycles. The Morgan fingerprint density at radius 2 is 2.11 bits per heavy atom. The van der Waals surface area contributed by atoms with Crippen molar-refractivity contribution >= 4 is 11.7 Å². The van der Waals surface area contributed by atoms with Crippen LogP contribution in [0.3, 0.4) is 0 Å². The van der Waals surface area contributed by atoms with Crippen LogP contribution in [0.15, 0.2) is 18.2 Å². The summed E-state index contributed by atoms with van der Waals surface area (Å²) in [5.74, 6) is -0.648. The summed E-state index contributed by atoms with van der Waals surface area (Å²) in [6.45, 7) is 0. The minimum atomic E-state index is -1.03. The number of aromatic carboxylic acids is 1. The Labute approximate surface area is 112 Å². The van der Waals surface area contributed by atoms with E-state index in [1.54, 1.807) is 19.2 Å². The molecule has 19 heavy (non-hydrogen) atoms. The van der Waals surface area contributed by atoms with Gasteiger partial charge in [-0.05, 0) is 37.5 Å². The number of carboxylic acids is 1. The van der Waals surface area contributed by atoms with Gasteiger partial charge in [-0.1, -0.05) is 0 Å². The molecule has 1 aromatic rings. The summed E-state index contributed by atoms with van der Waals surface area (Å²) >= 11 is 0. The maximum atomic E-state index is 11.2. The summed E-state index contributed by atoms with van der Waals surface area (Å²) in [5.41, 5.74) is 6.13. The van der Waals surface area contributed by atoms with Crippen LogP contribution in [0.5, 0.6) is 5.75 Å². The van der Waals surface area contributed by atoms with Crippen LogP contribution < -0.4 is 10.5 Å². The third-order valence-electron chi connectivity index (χ3n) is 3.44. The number of hydrogen-bond acceptors (Lipinski definition) is 4. The zero-order valence-electron chi connectivity index (χ0n) is 11.0. The van der Waals surface area contributed by atoms with Crippen LogP contribution in [0.25, 0.3) is 0 Å². The van der Waals surface area contributed by atoms with Gasteiger partial charge in [-0.25, -0.2) is 4.79 Å². The Balaban J connectivity index is 2.12. The van der Waals surface area contributed by atoms with Crippen molar-refractivity contribution in [2.75, 3.05) is 12.8 Å². The van der Waals surface area contributed by atoms with Gasteiger partial charge < -0.3 is 20.3 Å². The van der Waals surface area contributed by atoms with E-state index in [0.717, 1.165) is 25.7 Å². The predicted octanol–water partition coefficient (Wildman–Crippen LogP) is 2.30. The number of carboxylic acid groups (broad SMARTS) is 1. The second-order valence-electron chi connectivity index (χ2n) is 4.82. The Hall–Kier alpha value is -1.75. The number of hydrogen-bond donors (Lipinski definition) is 2. The first-order valence-corrected chi connectivity index (χ1v) is 6.42. The van der Waals surface area contributed by atoms with Crippen molar-refractivity contribution < 1.29 is 19.4 Å². The third-order valence-corrected chi connectivity index (χ3v) is 3.44. The molecule has 5 nitrogen and oxygen atoms in total. The summed E-state index contributed by atoms with van der Waals surface area (Å²) in [4.78, 5) is 11.2. The lowest BCUT2D eigenvalue weighted by Crippen LogP contribution is -2.29. The SMILES string of the molecule is COC1CCCC(Oc2ccc(N)cc2C(=O)O)C1. The summed E-state index contributed by atoms with van der Waals surface area (Å²) in [6.07, 6.45) is 3.97. The van der Waals surface area contributed by atoms with E-state index in [4.69, 9.17) is 20.3 Å². The number of methoxy groups -OCH3 is 1. The average molecular weight is 265 g/mol. The van der Waals surface area contributed by atoms with Crippen LogP contribution in [-0.4, -0.2) is 30.4 Å². The molecule has 0 saturated heterocycles. The zero-order chi connectivity index (χ0) is 13.8. The summed E-state index contributed by atoms with van der Waals surface area (Å²) in [7, 11) is 1.69. The lowest BCUT2D eigenvalue weighted by Gasteiger charge is -2.29. The maximum Gasteiger partial charge on any atom is 0.339 e. The monoisotopic (exact) mass is 265 g/mol. The van der Waals surface area contributed by atoms with Crippen molar-refractivity contribution in [1.29, 1.82) is 0 Å². The van der Waals surface area contributed by atoms with Crippen LogP contribution in [-0.2, 0) is 4.74 Å². The van der Waals surface area contributed by atoms with Crippen LogP contribution >= 0.6 is 0 Å². The molecule has 2 rings (SSSR count). The van der Waals surface area contributed by atoms with Crippen LogP contribution in [0.1, 0.15) is 36.0 Å². The van der Waals surface area contributed by atoms with Crippen LogP contribution in [0, 0.1) is 0 Å². The molecule has 0 aromatic heterocycles. The zero-order valence-corrected chi connectivity index (χ0v) is 11.0. The molecule has 0 spiro atoms. The summed E-state index contributed by atoms with van der Waals surface area (Å²) in [5, 5.41) is 9.16. The first-order valence-electron chi connectivity index (χ1n) is 6.42. The van der Waals surface area contributed by atoms with Gasteiger partial charge >= 0.3 is 5.97 Å². The van der Waals surface area contributed by atoms with E-state index in [-0.39, 0.29) is 17.8 Å². The molecule has 0 bridgehead atoms. The molecule has 1 saturated carbocycles. The molecule has 2 atom stereocenters. The molecular formula is C14H19NO4. The van der Waals surface area contributed by atoms with Gasteiger partial charge in [0.25, 0.3) is 0 Å². The topological polar surface area (TPSA) is 81.8 Å². The molecular weight excluding hydrogens is 246 g/mol. The van der Waals surface area contributed by atoms with Gasteiger partial charge in [-0.3, -0.25) is 0 Å². The van der Waals surface area contributed by atoms with Crippen molar-refractivity contribution in [1.82, 2.24) is 0 Å². The largest absolute Gasteiger partial charge is 0.489 e. The smallest absolute Gasteiger partial charge is 0.339 e. The summed E-state index contributed by atoms with van der Waals surface area (Å²) < 4.78 is 11.2. The quantitative estimate of drug-likeness (QED) is 0.816. The second kappa shape index (κ2) is 5.93. The van der Waals surface area contributed by atoms with E-state index in [2.05, 4.69) is 0 Å². The van der Waals surface area contributed by atoms with E-state index in [0.29, 0.717) is 11.4 Å². The Bertz CT molecular complexity index is 461. The number of nitrogens with two attached hydrogens (primary N) is 1. The number of ether oxygens (including phenoxy) is 2.